The summed E-state index contributed by atoms with van der Waals surface area (Å²) in [5.41, 5.74) is 3.84. The van der Waals surface area contributed by atoms with E-state index in [9.17, 15) is 5.11 Å². The van der Waals surface area contributed by atoms with Gasteiger partial charge in [0.15, 0.2) is 0 Å². The van der Waals surface area contributed by atoms with E-state index in [1.807, 2.05) is 48.5 Å². The summed E-state index contributed by atoms with van der Waals surface area (Å²) in [5.74, 6) is 0. The zero-order valence-electron chi connectivity index (χ0n) is 10.4. The first-order chi connectivity index (χ1) is 8.67. The van der Waals surface area contributed by atoms with E-state index in [0.29, 0.717) is 6.42 Å². The molecule has 0 fully saturated rings. The minimum atomic E-state index is -0.779. The molecule has 1 heteroatoms. The minimum Gasteiger partial charge on any atom is -0.381 e. The van der Waals surface area contributed by atoms with Gasteiger partial charge in [-0.05, 0) is 29.7 Å². The number of aryl methyl sites for hydroxylation is 1. The largest absolute Gasteiger partial charge is 0.381 e. The van der Waals surface area contributed by atoms with Crippen molar-refractivity contribution in [2.24, 2.45) is 0 Å². The van der Waals surface area contributed by atoms with E-state index < -0.39 is 5.60 Å². The van der Waals surface area contributed by atoms with Crippen molar-refractivity contribution in [2.75, 3.05) is 0 Å². The Morgan fingerprint density at radius 2 is 1.56 bits per heavy atom. The summed E-state index contributed by atoms with van der Waals surface area (Å²) >= 11 is 0. The molecule has 0 amide bonds. The maximum Gasteiger partial charge on any atom is 0.112 e. The zero-order valence-corrected chi connectivity index (χ0v) is 10.4. The Kier molecular flexibility index (Phi) is 2.57. The van der Waals surface area contributed by atoms with Crippen LogP contribution in [0.4, 0.5) is 0 Å². The molecular formula is C17H16O. The summed E-state index contributed by atoms with van der Waals surface area (Å²) in [7, 11) is 0. The second-order valence-electron chi connectivity index (χ2n) is 5.00. The van der Waals surface area contributed by atoms with Crippen molar-refractivity contribution in [1.82, 2.24) is 0 Å². The second kappa shape index (κ2) is 4.11. The molecule has 0 aliphatic heterocycles. The maximum atomic E-state index is 10.5. The smallest absolute Gasteiger partial charge is 0.112 e. The molecule has 90 valence electrons. The van der Waals surface area contributed by atoms with Crippen LogP contribution in [0, 0.1) is 6.92 Å². The molecule has 1 aliphatic rings. The lowest BCUT2D eigenvalue weighted by atomic mass is 9.74. The van der Waals surface area contributed by atoms with E-state index in [0.717, 1.165) is 5.56 Å². The van der Waals surface area contributed by atoms with Crippen LogP contribution in [0.25, 0.3) is 5.57 Å². The molecule has 0 radical (unpaired) electrons. The molecule has 0 saturated heterocycles. The van der Waals surface area contributed by atoms with Gasteiger partial charge in [-0.2, -0.15) is 0 Å². The lowest BCUT2D eigenvalue weighted by molar-refractivity contribution is 0.0805. The maximum absolute atomic E-state index is 10.5. The molecular weight excluding hydrogens is 220 g/mol. The van der Waals surface area contributed by atoms with E-state index in [-0.39, 0.29) is 0 Å². The van der Waals surface area contributed by atoms with E-state index in [2.05, 4.69) is 19.1 Å². The normalized spacial score (nSPS) is 22.2. The summed E-state index contributed by atoms with van der Waals surface area (Å²) in [6.07, 6.45) is 2.66. The van der Waals surface area contributed by atoms with Gasteiger partial charge in [0.2, 0.25) is 0 Å². The summed E-state index contributed by atoms with van der Waals surface area (Å²) in [5, 5.41) is 10.5. The van der Waals surface area contributed by atoms with Crippen molar-refractivity contribution >= 4 is 5.57 Å². The van der Waals surface area contributed by atoms with Crippen molar-refractivity contribution in [1.29, 1.82) is 0 Å². The molecule has 3 rings (SSSR count). The van der Waals surface area contributed by atoms with Crippen LogP contribution in [0.3, 0.4) is 0 Å². The number of benzene rings is 2. The molecule has 0 bridgehead atoms. The van der Waals surface area contributed by atoms with E-state index in [4.69, 9.17) is 0 Å². The van der Waals surface area contributed by atoms with Crippen LogP contribution in [0.1, 0.15) is 23.1 Å². The van der Waals surface area contributed by atoms with Gasteiger partial charge in [0.25, 0.3) is 0 Å². The lowest BCUT2D eigenvalue weighted by Crippen LogP contribution is -2.30. The fourth-order valence-electron chi connectivity index (χ4n) is 2.41. The first-order valence-electron chi connectivity index (χ1n) is 6.24. The minimum absolute atomic E-state index is 0.695. The van der Waals surface area contributed by atoms with Crippen LogP contribution < -0.4 is 0 Å². The predicted molar refractivity (Wildman–Crippen MR) is 74.1 cm³/mol. The Morgan fingerprint density at radius 3 is 2.17 bits per heavy atom. The molecule has 1 aliphatic carbocycles. The van der Waals surface area contributed by atoms with Crippen LogP contribution in [0.2, 0.25) is 0 Å². The lowest BCUT2D eigenvalue weighted by Gasteiger charge is -2.36. The Balaban J connectivity index is 1.89. The van der Waals surface area contributed by atoms with Crippen LogP contribution in [0.15, 0.2) is 60.7 Å². The van der Waals surface area contributed by atoms with E-state index in [1.54, 1.807) is 0 Å². The van der Waals surface area contributed by atoms with Crippen molar-refractivity contribution in [3.63, 3.8) is 0 Å². The van der Waals surface area contributed by atoms with Crippen LogP contribution in [0.5, 0.6) is 0 Å². The molecule has 0 aromatic heterocycles. The highest BCUT2D eigenvalue weighted by Crippen LogP contribution is 2.44. The fraction of sp³-hybridized carbons (Fsp3) is 0.176. The van der Waals surface area contributed by atoms with Crippen LogP contribution >= 0.6 is 0 Å². The molecule has 1 nitrogen and oxygen atoms in total. The van der Waals surface area contributed by atoms with Crippen molar-refractivity contribution in [3.05, 3.63) is 77.4 Å². The number of hydrogen-bond donors (Lipinski definition) is 1. The molecule has 0 spiro atoms. The van der Waals surface area contributed by atoms with Crippen LogP contribution in [-0.2, 0) is 5.60 Å². The predicted octanol–water partition coefficient (Wildman–Crippen LogP) is 3.67. The summed E-state index contributed by atoms with van der Waals surface area (Å²) in [6.45, 7) is 2.06. The number of aliphatic hydroxyl groups is 1. The molecule has 2 aromatic carbocycles. The highest BCUT2D eigenvalue weighted by atomic mass is 16.3. The van der Waals surface area contributed by atoms with Gasteiger partial charge < -0.3 is 5.11 Å². The number of rotatable bonds is 2. The monoisotopic (exact) mass is 236 g/mol. The van der Waals surface area contributed by atoms with Gasteiger partial charge in [0.1, 0.15) is 5.60 Å². The Morgan fingerprint density at radius 1 is 0.944 bits per heavy atom. The third kappa shape index (κ3) is 1.87. The first kappa shape index (κ1) is 11.2. The van der Waals surface area contributed by atoms with Gasteiger partial charge in [-0.3, -0.25) is 0 Å². The van der Waals surface area contributed by atoms with Crippen molar-refractivity contribution in [3.8, 4) is 0 Å². The highest BCUT2D eigenvalue weighted by Gasteiger charge is 2.36. The van der Waals surface area contributed by atoms with Gasteiger partial charge in [-0.1, -0.05) is 60.2 Å². The molecule has 1 unspecified atom stereocenters. The van der Waals surface area contributed by atoms with Gasteiger partial charge in [0.05, 0.1) is 0 Å². The second-order valence-corrected chi connectivity index (χ2v) is 5.00. The summed E-state index contributed by atoms with van der Waals surface area (Å²) in [4.78, 5) is 0. The van der Waals surface area contributed by atoms with E-state index in [1.165, 1.54) is 16.7 Å². The Labute approximate surface area is 107 Å². The van der Waals surface area contributed by atoms with Gasteiger partial charge >= 0.3 is 0 Å². The third-order valence-corrected chi connectivity index (χ3v) is 3.57. The van der Waals surface area contributed by atoms with Gasteiger partial charge in [-0.25, -0.2) is 0 Å². The average molecular weight is 236 g/mol. The quantitative estimate of drug-likeness (QED) is 0.843. The SMILES string of the molecule is Cc1ccc(C2(O)C=C(c3ccccc3)C2)cc1. The Hall–Kier alpha value is -1.86. The molecule has 2 aromatic rings. The standard InChI is InChI=1S/C17H16O/c1-13-7-9-16(10-8-13)17(18)11-15(12-17)14-5-3-2-4-6-14/h2-11,18H,12H2,1H3. The summed E-state index contributed by atoms with van der Waals surface area (Å²) < 4.78 is 0. The summed E-state index contributed by atoms with van der Waals surface area (Å²) in [6, 6.07) is 18.3. The molecule has 1 atom stereocenters. The van der Waals surface area contributed by atoms with Crippen molar-refractivity contribution in [2.45, 2.75) is 18.9 Å². The highest BCUT2D eigenvalue weighted by molar-refractivity contribution is 5.74. The molecule has 18 heavy (non-hydrogen) atoms. The van der Waals surface area contributed by atoms with Gasteiger partial charge in [-0.15, -0.1) is 0 Å². The topological polar surface area (TPSA) is 20.2 Å². The fourth-order valence-corrected chi connectivity index (χ4v) is 2.41. The molecule has 0 saturated carbocycles. The Bertz CT molecular complexity index is 581. The zero-order chi connectivity index (χ0) is 12.6. The number of hydrogen-bond acceptors (Lipinski definition) is 1. The molecule has 0 heterocycles. The van der Waals surface area contributed by atoms with Crippen LogP contribution in [-0.4, -0.2) is 5.11 Å². The average Bonchev–Trinajstić information content (AvgIpc) is 2.37. The van der Waals surface area contributed by atoms with Crippen molar-refractivity contribution < 1.29 is 5.11 Å². The molecule has 1 N–H and O–H groups in total. The van der Waals surface area contributed by atoms with E-state index >= 15 is 0 Å². The first-order valence-corrected chi connectivity index (χ1v) is 6.24. The van der Waals surface area contributed by atoms with Gasteiger partial charge in [0, 0.05) is 6.42 Å². The third-order valence-electron chi connectivity index (χ3n) is 3.57.